The standard InChI is InChI=1S/C23H21BrN4O5S2/c1-31-17-7-4-3-6-16(17)27-20(29)13-33-21-15(24)10-14(11-18(21)32-2)12-19-22(30)28(23(34)35-19)26-9-5-8-25/h3-4,6-7,10-12,26H,5,9,13H2,1-2H3,(H,27,29)/b19-12+. The number of thiocarbonyl (C=S) groups is 1. The fourth-order valence-corrected chi connectivity index (χ4v) is 4.81. The maximum Gasteiger partial charge on any atom is 0.280 e. The van der Waals surface area contributed by atoms with Crippen molar-refractivity contribution in [1.82, 2.24) is 10.4 Å². The van der Waals surface area contributed by atoms with Crippen LogP contribution in [-0.2, 0) is 9.59 Å². The van der Waals surface area contributed by atoms with Crippen LogP contribution in [0.4, 0.5) is 5.69 Å². The van der Waals surface area contributed by atoms with Crippen molar-refractivity contribution in [3.05, 3.63) is 51.3 Å². The molecule has 3 rings (SSSR count). The summed E-state index contributed by atoms with van der Waals surface area (Å²) in [4.78, 5) is 25.5. The van der Waals surface area contributed by atoms with E-state index < -0.39 is 0 Å². The van der Waals surface area contributed by atoms with E-state index in [1.54, 1.807) is 42.5 Å². The molecule has 2 amide bonds. The third-order valence-corrected chi connectivity index (χ3v) is 6.47. The van der Waals surface area contributed by atoms with Crippen molar-refractivity contribution in [2.75, 3.05) is 32.7 Å². The molecule has 9 nitrogen and oxygen atoms in total. The molecule has 2 aromatic rings. The number of thioether (sulfide) groups is 1. The highest BCUT2D eigenvalue weighted by Gasteiger charge is 2.32. The van der Waals surface area contributed by atoms with Crippen LogP contribution >= 0.6 is 39.9 Å². The van der Waals surface area contributed by atoms with E-state index in [2.05, 4.69) is 26.7 Å². The molecule has 2 N–H and O–H groups in total. The van der Waals surface area contributed by atoms with E-state index in [0.717, 1.165) is 11.8 Å². The Kier molecular flexibility index (Phi) is 9.50. The first kappa shape index (κ1) is 26.5. The lowest BCUT2D eigenvalue weighted by molar-refractivity contribution is -0.124. The molecule has 1 saturated heterocycles. The maximum atomic E-state index is 12.7. The third-order valence-electron chi connectivity index (χ3n) is 4.58. The van der Waals surface area contributed by atoms with Crippen LogP contribution in [0.1, 0.15) is 12.0 Å². The summed E-state index contributed by atoms with van der Waals surface area (Å²) < 4.78 is 17.3. The predicted octanol–water partition coefficient (Wildman–Crippen LogP) is 4.10. The van der Waals surface area contributed by atoms with Crippen molar-refractivity contribution in [2.24, 2.45) is 0 Å². The quantitative estimate of drug-likeness (QED) is 0.245. The van der Waals surface area contributed by atoms with Crippen molar-refractivity contribution in [3.8, 4) is 23.3 Å². The number of hydrazine groups is 1. The van der Waals surface area contributed by atoms with Gasteiger partial charge in [-0.25, -0.2) is 10.4 Å². The highest BCUT2D eigenvalue weighted by Crippen LogP contribution is 2.39. The van der Waals surface area contributed by atoms with Gasteiger partial charge in [-0.3, -0.25) is 9.59 Å². The van der Waals surface area contributed by atoms with Gasteiger partial charge in [0, 0.05) is 13.0 Å². The summed E-state index contributed by atoms with van der Waals surface area (Å²) in [5.41, 5.74) is 4.05. The third kappa shape index (κ3) is 6.73. The molecule has 1 aliphatic rings. The van der Waals surface area contributed by atoms with Crippen molar-refractivity contribution in [3.63, 3.8) is 0 Å². The molecule has 35 heavy (non-hydrogen) atoms. The second-order valence-corrected chi connectivity index (χ2v) is 9.43. The number of carbonyl (C=O) groups excluding carboxylic acids is 2. The molecule has 0 bridgehead atoms. The predicted molar refractivity (Wildman–Crippen MR) is 141 cm³/mol. The van der Waals surface area contributed by atoms with Gasteiger partial charge >= 0.3 is 0 Å². The largest absolute Gasteiger partial charge is 0.495 e. The number of ether oxygens (including phenoxy) is 3. The molecular formula is C23H21BrN4O5S2. The number of rotatable bonds is 10. The monoisotopic (exact) mass is 576 g/mol. The Morgan fingerprint density at radius 2 is 2.00 bits per heavy atom. The van der Waals surface area contributed by atoms with Crippen molar-refractivity contribution >= 4 is 67.8 Å². The van der Waals surface area contributed by atoms with Crippen LogP contribution in [0.15, 0.2) is 45.8 Å². The van der Waals surface area contributed by atoms with Gasteiger partial charge in [-0.15, -0.1) is 0 Å². The zero-order valence-corrected chi connectivity index (χ0v) is 22.0. The van der Waals surface area contributed by atoms with Crippen LogP contribution in [0, 0.1) is 11.3 Å². The summed E-state index contributed by atoms with van der Waals surface area (Å²) >= 11 is 9.86. The first-order chi connectivity index (χ1) is 16.9. The Balaban J connectivity index is 1.71. The SMILES string of the molecule is COc1ccccc1NC(=O)COc1c(Br)cc(/C=C2/SC(=S)N(NCCC#N)C2=O)cc1OC. The van der Waals surface area contributed by atoms with Gasteiger partial charge in [0.05, 0.1) is 35.4 Å². The molecule has 1 aliphatic heterocycles. The van der Waals surface area contributed by atoms with Gasteiger partial charge in [-0.05, 0) is 51.8 Å². The lowest BCUT2D eigenvalue weighted by Crippen LogP contribution is -2.41. The summed E-state index contributed by atoms with van der Waals surface area (Å²) in [7, 11) is 3.00. The Hall–Kier alpha value is -3.11. The summed E-state index contributed by atoms with van der Waals surface area (Å²) in [5, 5.41) is 12.7. The van der Waals surface area contributed by atoms with Crippen LogP contribution in [0.3, 0.4) is 0 Å². The number of anilines is 1. The van der Waals surface area contributed by atoms with Gasteiger partial charge in [-0.2, -0.15) is 5.26 Å². The van der Waals surface area contributed by atoms with E-state index in [-0.39, 0.29) is 24.8 Å². The Bertz CT molecular complexity index is 1210. The zero-order valence-electron chi connectivity index (χ0n) is 18.8. The Morgan fingerprint density at radius 1 is 1.26 bits per heavy atom. The number of nitrogens with one attached hydrogen (secondary N) is 2. The van der Waals surface area contributed by atoms with E-state index in [4.69, 9.17) is 31.7 Å². The van der Waals surface area contributed by atoms with Crippen molar-refractivity contribution in [2.45, 2.75) is 6.42 Å². The number of hydrogen-bond donors (Lipinski definition) is 2. The zero-order chi connectivity index (χ0) is 25.4. The fraction of sp³-hybridized carbons (Fsp3) is 0.217. The smallest absolute Gasteiger partial charge is 0.280 e. The molecule has 12 heteroatoms. The molecule has 0 saturated carbocycles. The lowest BCUT2D eigenvalue weighted by atomic mass is 10.2. The molecule has 0 unspecified atom stereocenters. The molecule has 1 fully saturated rings. The number of carbonyl (C=O) groups is 2. The van der Waals surface area contributed by atoms with Gasteiger partial charge in [0.25, 0.3) is 11.8 Å². The number of para-hydroxylation sites is 2. The maximum absolute atomic E-state index is 12.7. The first-order valence-electron chi connectivity index (χ1n) is 10.2. The number of methoxy groups -OCH3 is 2. The molecule has 2 aromatic carbocycles. The Morgan fingerprint density at radius 3 is 2.71 bits per heavy atom. The molecule has 0 atom stereocenters. The fourth-order valence-electron chi connectivity index (χ4n) is 3.01. The highest BCUT2D eigenvalue weighted by molar-refractivity contribution is 9.10. The average molecular weight is 577 g/mol. The van der Waals surface area contributed by atoms with Crippen molar-refractivity contribution < 1.29 is 23.8 Å². The summed E-state index contributed by atoms with van der Waals surface area (Å²) in [5.74, 6) is 0.569. The number of nitriles is 1. The summed E-state index contributed by atoms with van der Waals surface area (Å²) in [6.45, 7) is 0.0473. The van der Waals surface area contributed by atoms with Gasteiger partial charge in [0.2, 0.25) is 0 Å². The van der Waals surface area contributed by atoms with E-state index in [1.165, 1.54) is 19.2 Å². The minimum atomic E-state index is -0.375. The van der Waals surface area contributed by atoms with E-state index in [1.807, 2.05) is 6.07 Å². The lowest BCUT2D eigenvalue weighted by Gasteiger charge is -2.15. The average Bonchev–Trinajstić information content (AvgIpc) is 3.10. The number of amides is 2. The summed E-state index contributed by atoms with van der Waals surface area (Å²) in [6.07, 6.45) is 1.93. The number of nitrogens with zero attached hydrogens (tertiary/aromatic N) is 2. The molecule has 182 valence electrons. The highest BCUT2D eigenvalue weighted by atomic mass is 79.9. The minimum Gasteiger partial charge on any atom is -0.495 e. The van der Waals surface area contributed by atoms with Crippen LogP contribution < -0.4 is 25.0 Å². The molecule has 0 spiro atoms. The van der Waals surface area contributed by atoms with E-state index in [9.17, 15) is 9.59 Å². The van der Waals surface area contributed by atoms with E-state index in [0.29, 0.717) is 48.7 Å². The first-order valence-corrected chi connectivity index (χ1v) is 12.2. The van der Waals surface area contributed by atoms with Crippen molar-refractivity contribution in [1.29, 1.82) is 5.26 Å². The van der Waals surface area contributed by atoms with Gasteiger partial charge in [0.15, 0.2) is 22.4 Å². The topological polar surface area (TPSA) is 113 Å². The molecule has 1 heterocycles. The second-order valence-electron chi connectivity index (χ2n) is 6.90. The molecular weight excluding hydrogens is 556 g/mol. The van der Waals surface area contributed by atoms with Gasteiger partial charge in [-0.1, -0.05) is 36.1 Å². The minimum absolute atomic E-state index is 0.249. The number of hydrogen-bond acceptors (Lipinski definition) is 9. The van der Waals surface area contributed by atoms with Crippen LogP contribution in [0.25, 0.3) is 6.08 Å². The Labute approximate surface area is 220 Å². The van der Waals surface area contributed by atoms with Crippen LogP contribution in [0.2, 0.25) is 0 Å². The van der Waals surface area contributed by atoms with Crippen LogP contribution in [0.5, 0.6) is 17.2 Å². The normalized spacial score (nSPS) is 14.1. The van der Waals surface area contributed by atoms with Gasteiger partial charge in [0.1, 0.15) is 5.75 Å². The molecule has 0 aliphatic carbocycles. The molecule has 0 aromatic heterocycles. The van der Waals surface area contributed by atoms with E-state index >= 15 is 0 Å². The second kappa shape index (κ2) is 12.6. The number of halogens is 1. The summed E-state index contributed by atoms with van der Waals surface area (Å²) in [6, 6.07) is 12.5. The number of benzene rings is 2. The molecule has 0 radical (unpaired) electrons. The van der Waals surface area contributed by atoms with Crippen LogP contribution in [-0.4, -0.2) is 48.5 Å². The van der Waals surface area contributed by atoms with Gasteiger partial charge < -0.3 is 19.5 Å².